The van der Waals surface area contributed by atoms with Gasteiger partial charge in [0.15, 0.2) is 11.7 Å². The van der Waals surface area contributed by atoms with Crippen LogP contribution in [0.4, 0.5) is 0 Å². The van der Waals surface area contributed by atoms with E-state index in [1.165, 1.54) is 0 Å². The maximum absolute atomic E-state index is 12.9. The lowest BCUT2D eigenvalue weighted by molar-refractivity contribution is -0.134. The molecule has 2 aromatic carbocycles. The molecule has 5 rings (SSSR count). The number of amides is 2. The lowest BCUT2D eigenvalue weighted by Gasteiger charge is -2.35. The quantitative estimate of drug-likeness (QED) is 0.524. The molecular weight excluding hydrogens is 440 g/mol. The molecule has 182 valence electrons. The second-order valence-corrected chi connectivity index (χ2v) is 9.26. The molecule has 0 aliphatic carbocycles. The van der Waals surface area contributed by atoms with Crippen LogP contribution in [0, 0.1) is 0 Å². The van der Waals surface area contributed by atoms with Crippen molar-refractivity contribution < 1.29 is 14.0 Å². The SMILES string of the molecule is O=C(CCc1nc(-c2ccccc2)c(-c2ccccc2)o1)N1CCN(CC(=O)N2CCCC2)CC1. The topological polar surface area (TPSA) is 69.9 Å². The van der Waals surface area contributed by atoms with E-state index in [-0.39, 0.29) is 11.8 Å². The number of piperazine rings is 1. The number of carbonyl (C=O) groups is 2. The third-order valence-corrected chi connectivity index (χ3v) is 6.85. The monoisotopic (exact) mass is 472 g/mol. The highest BCUT2D eigenvalue weighted by molar-refractivity contribution is 5.79. The number of aromatic nitrogens is 1. The fraction of sp³-hybridized carbons (Fsp3) is 0.393. The predicted molar refractivity (Wildman–Crippen MR) is 135 cm³/mol. The molecule has 0 N–H and O–H groups in total. The molecule has 7 heteroatoms. The first-order chi connectivity index (χ1) is 17.2. The van der Waals surface area contributed by atoms with Gasteiger partial charge in [-0.15, -0.1) is 0 Å². The second kappa shape index (κ2) is 10.9. The number of oxazole rings is 1. The largest absolute Gasteiger partial charge is 0.440 e. The molecule has 2 saturated heterocycles. The summed E-state index contributed by atoms with van der Waals surface area (Å²) in [7, 11) is 0. The van der Waals surface area contributed by atoms with Crippen molar-refractivity contribution in [1.82, 2.24) is 19.7 Å². The fourth-order valence-electron chi connectivity index (χ4n) is 4.83. The van der Waals surface area contributed by atoms with E-state index >= 15 is 0 Å². The summed E-state index contributed by atoms with van der Waals surface area (Å²) in [6.45, 7) is 5.01. The summed E-state index contributed by atoms with van der Waals surface area (Å²) >= 11 is 0. The van der Waals surface area contributed by atoms with Crippen LogP contribution < -0.4 is 0 Å². The number of carbonyl (C=O) groups excluding carboxylic acids is 2. The zero-order chi connectivity index (χ0) is 24.0. The van der Waals surface area contributed by atoms with E-state index in [0.717, 1.165) is 61.6 Å². The lowest BCUT2D eigenvalue weighted by Crippen LogP contribution is -2.51. The van der Waals surface area contributed by atoms with Crippen molar-refractivity contribution in [3.8, 4) is 22.6 Å². The average Bonchev–Trinajstić information content (AvgIpc) is 3.60. The molecule has 0 saturated carbocycles. The van der Waals surface area contributed by atoms with E-state index in [0.29, 0.717) is 38.4 Å². The van der Waals surface area contributed by atoms with E-state index in [2.05, 4.69) is 4.90 Å². The van der Waals surface area contributed by atoms with Crippen molar-refractivity contribution in [2.75, 3.05) is 45.8 Å². The summed E-state index contributed by atoms with van der Waals surface area (Å²) in [5, 5.41) is 0. The molecule has 7 nitrogen and oxygen atoms in total. The number of rotatable bonds is 7. The average molecular weight is 473 g/mol. The highest BCUT2D eigenvalue weighted by Crippen LogP contribution is 2.32. The molecule has 3 heterocycles. The molecule has 0 atom stereocenters. The number of hydrogen-bond acceptors (Lipinski definition) is 5. The summed E-state index contributed by atoms with van der Waals surface area (Å²) < 4.78 is 6.17. The van der Waals surface area contributed by atoms with Crippen molar-refractivity contribution >= 4 is 11.8 Å². The van der Waals surface area contributed by atoms with Crippen LogP contribution in [-0.2, 0) is 16.0 Å². The first-order valence-corrected chi connectivity index (χ1v) is 12.6. The Bertz CT molecular complexity index is 1070. The predicted octanol–water partition coefficient (Wildman–Crippen LogP) is 3.71. The highest BCUT2D eigenvalue weighted by Gasteiger charge is 2.26. The minimum Gasteiger partial charge on any atom is -0.440 e. The standard InChI is InChI=1S/C28H32N4O3/c33-25(32-19-17-30(18-20-32)21-26(34)31-15-7-8-16-31)14-13-24-29-27(22-9-3-1-4-10-22)28(35-24)23-11-5-2-6-12-23/h1-6,9-12H,7-8,13-21H2. The lowest BCUT2D eigenvalue weighted by atomic mass is 10.1. The molecule has 0 spiro atoms. The molecule has 2 aliphatic heterocycles. The number of benzene rings is 2. The van der Waals surface area contributed by atoms with Gasteiger partial charge in [0.05, 0.1) is 6.54 Å². The summed E-state index contributed by atoms with van der Waals surface area (Å²) in [5.41, 5.74) is 2.76. The van der Waals surface area contributed by atoms with Gasteiger partial charge in [0.25, 0.3) is 0 Å². The van der Waals surface area contributed by atoms with Crippen molar-refractivity contribution in [2.45, 2.75) is 25.7 Å². The van der Waals surface area contributed by atoms with E-state index in [1.807, 2.05) is 70.5 Å². The molecule has 0 radical (unpaired) electrons. The van der Waals surface area contributed by atoms with Gasteiger partial charge < -0.3 is 14.2 Å². The molecule has 0 bridgehead atoms. The highest BCUT2D eigenvalue weighted by atomic mass is 16.4. The van der Waals surface area contributed by atoms with Gasteiger partial charge >= 0.3 is 0 Å². The summed E-state index contributed by atoms with van der Waals surface area (Å²) in [5.74, 6) is 1.63. The Balaban J connectivity index is 1.18. The molecule has 3 aromatic rings. The first kappa shape index (κ1) is 23.3. The van der Waals surface area contributed by atoms with E-state index in [9.17, 15) is 9.59 Å². The summed E-state index contributed by atoms with van der Waals surface area (Å²) in [6, 6.07) is 20.0. The van der Waals surface area contributed by atoms with Gasteiger partial charge in [-0.25, -0.2) is 4.98 Å². The maximum atomic E-state index is 12.9. The van der Waals surface area contributed by atoms with E-state index < -0.39 is 0 Å². The van der Waals surface area contributed by atoms with Crippen LogP contribution in [0.1, 0.15) is 25.2 Å². The van der Waals surface area contributed by atoms with Crippen molar-refractivity contribution in [2.24, 2.45) is 0 Å². The number of likely N-dealkylation sites (tertiary alicyclic amines) is 1. The third kappa shape index (κ3) is 5.62. The summed E-state index contributed by atoms with van der Waals surface area (Å²) in [6.07, 6.45) is 3.03. The normalized spacial score (nSPS) is 16.6. The fourth-order valence-corrected chi connectivity index (χ4v) is 4.83. The van der Waals surface area contributed by atoms with Gasteiger partial charge in [-0.3, -0.25) is 14.5 Å². The van der Waals surface area contributed by atoms with Crippen LogP contribution in [0.15, 0.2) is 65.1 Å². The van der Waals surface area contributed by atoms with Crippen molar-refractivity contribution in [3.05, 3.63) is 66.6 Å². The van der Waals surface area contributed by atoms with Crippen LogP contribution in [0.2, 0.25) is 0 Å². The molecule has 1 aromatic heterocycles. The van der Waals surface area contributed by atoms with Crippen LogP contribution in [-0.4, -0.2) is 77.3 Å². The van der Waals surface area contributed by atoms with Crippen LogP contribution >= 0.6 is 0 Å². The second-order valence-electron chi connectivity index (χ2n) is 9.26. The van der Waals surface area contributed by atoms with Crippen molar-refractivity contribution in [1.29, 1.82) is 0 Å². The Labute approximate surface area is 206 Å². The van der Waals surface area contributed by atoms with Gasteiger partial charge in [0.2, 0.25) is 11.8 Å². The zero-order valence-electron chi connectivity index (χ0n) is 20.1. The van der Waals surface area contributed by atoms with Gasteiger partial charge in [0, 0.05) is 63.2 Å². The van der Waals surface area contributed by atoms with Crippen LogP contribution in [0.5, 0.6) is 0 Å². The molecule has 2 fully saturated rings. The molecule has 2 aliphatic rings. The number of hydrogen-bond donors (Lipinski definition) is 0. The van der Waals surface area contributed by atoms with E-state index in [1.54, 1.807) is 0 Å². The third-order valence-electron chi connectivity index (χ3n) is 6.85. The Kier molecular flexibility index (Phi) is 7.23. The molecule has 35 heavy (non-hydrogen) atoms. The molecule has 2 amide bonds. The zero-order valence-corrected chi connectivity index (χ0v) is 20.1. The maximum Gasteiger partial charge on any atom is 0.236 e. The minimum absolute atomic E-state index is 0.108. The number of aryl methyl sites for hydroxylation is 1. The first-order valence-electron chi connectivity index (χ1n) is 12.6. The van der Waals surface area contributed by atoms with Crippen LogP contribution in [0.3, 0.4) is 0 Å². The van der Waals surface area contributed by atoms with Gasteiger partial charge in [-0.2, -0.15) is 0 Å². The Morgan fingerprint density at radius 1 is 0.743 bits per heavy atom. The van der Waals surface area contributed by atoms with E-state index in [4.69, 9.17) is 9.40 Å². The van der Waals surface area contributed by atoms with Gasteiger partial charge in [-0.1, -0.05) is 60.7 Å². The summed E-state index contributed by atoms with van der Waals surface area (Å²) in [4.78, 5) is 36.1. The molecule has 0 unspecified atom stereocenters. The van der Waals surface area contributed by atoms with Crippen molar-refractivity contribution in [3.63, 3.8) is 0 Å². The van der Waals surface area contributed by atoms with Gasteiger partial charge in [0.1, 0.15) is 5.69 Å². The Morgan fingerprint density at radius 2 is 1.34 bits per heavy atom. The Morgan fingerprint density at radius 3 is 2.00 bits per heavy atom. The number of nitrogens with zero attached hydrogens (tertiary/aromatic N) is 4. The molecular formula is C28H32N4O3. The minimum atomic E-state index is 0.108. The van der Waals surface area contributed by atoms with Gasteiger partial charge in [-0.05, 0) is 12.8 Å². The Hall–Kier alpha value is -3.45. The van der Waals surface area contributed by atoms with Crippen LogP contribution in [0.25, 0.3) is 22.6 Å². The smallest absolute Gasteiger partial charge is 0.236 e.